The van der Waals surface area contributed by atoms with Crippen LogP contribution >= 0.6 is 15.9 Å². The number of alkyl halides is 1. The Morgan fingerprint density at radius 1 is 1.62 bits per heavy atom. The summed E-state index contributed by atoms with van der Waals surface area (Å²) in [7, 11) is 0. The van der Waals surface area contributed by atoms with Crippen molar-refractivity contribution in [2.45, 2.75) is 0 Å². The number of nitriles is 1. The second-order valence-corrected chi connectivity index (χ2v) is 3.34. The lowest BCUT2D eigenvalue weighted by Crippen LogP contribution is -2.05. The van der Waals surface area contributed by atoms with E-state index in [1.165, 1.54) is 0 Å². The predicted molar refractivity (Wildman–Crippen MR) is 57.6 cm³/mol. The molecule has 0 aliphatic rings. The van der Waals surface area contributed by atoms with E-state index >= 15 is 0 Å². The maximum Gasteiger partial charge on any atom is 0.322 e. The average molecular weight is 285 g/mol. The van der Waals surface area contributed by atoms with E-state index in [0.29, 0.717) is 0 Å². The van der Waals surface area contributed by atoms with Gasteiger partial charge in [0.1, 0.15) is 17.2 Å². The lowest BCUT2D eigenvalue weighted by Gasteiger charge is -2.03. The van der Waals surface area contributed by atoms with Gasteiger partial charge in [-0.1, -0.05) is 15.9 Å². The molecule has 0 amide bonds. The summed E-state index contributed by atoms with van der Waals surface area (Å²) in [6, 6.07) is 3.91. The van der Waals surface area contributed by atoms with Gasteiger partial charge in [-0.25, -0.2) is 0 Å². The molecule has 0 heterocycles. The number of nitro groups is 1. The molecule has 1 aromatic carbocycles. The van der Waals surface area contributed by atoms with Crippen molar-refractivity contribution in [2.75, 3.05) is 5.33 Å². The number of carbonyl (C=O) groups excluding carboxylic acids is 1. The third-order valence-electron chi connectivity index (χ3n) is 1.88. The zero-order valence-electron chi connectivity index (χ0n) is 7.81. The first-order valence-corrected chi connectivity index (χ1v) is 5.14. The molecule has 6 nitrogen and oxygen atoms in total. The summed E-state index contributed by atoms with van der Waals surface area (Å²) >= 11 is 2.88. The van der Waals surface area contributed by atoms with E-state index in [0.717, 1.165) is 12.1 Å². The lowest BCUT2D eigenvalue weighted by atomic mass is 10.1. The van der Waals surface area contributed by atoms with E-state index in [9.17, 15) is 20.0 Å². The van der Waals surface area contributed by atoms with Crippen LogP contribution in [-0.4, -0.2) is 21.1 Å². The Morgan fingerprint density at radius 2 is 2.25 bits per heavy atom. The Balaban J connectivity index is 3.54. The van der Waals surface area contributed by atoms with Gasteiger partial charge < -0.3 is 5.11 Å². The van der Waals surface area contributed by atoms with Gasteiger partial charge in [-0.05, 0) is 12.1 Å². The van der Waals surface area contributed by atoms with Gasteiger partial charge in [-0.15, -0.1) is 0 Å². The minimum absolute atomic E-state index is 0.0980. The van der Waals surface area contributed by atoms with E-state index < -0.39 is 22.1 Å². The number of phenols is 1. The molecule has 0 bridgehead atoms. The first-order chi connectivity index (χ1) is 7.52. The van der Waals surface area contributed by atoms with E-state index in [4.69, 9.17) is 5.26 Å². The van der Waals surface area contributed by atoms with Crippen LogP contribution in [-0.2, 0) is 0 Å². The Bertz CT molecular complexity index is 507. The van der Waals surface area contributed by atoms with Crippen molar-refractivity contribution < 1.29 is 14.8 Å². The van der Waals surface area contributed by atoms with E-state index in [2.05, 4.69) is 15.9 Å². The fourth-order valence-electron chi connectivity index (χ4n) is 1.15. The van der Waals surface area contributed by atoms with Crippen molar-refractivity contribution in [3.8, 4) is 11.8 Å². The highest BCUT2D eigenvalue weighted by Gasteiger charge is 2.26. The number of carbonyl (C=O) groups is 1. The number of ketones is 1. The molecule has 1 rings (SSSR count). The van der Waals surface area contributed by atoms with Gasteiger partial charge in [0.15, 0.2) is 5.78 Å². The van der Waals surface area contributed by atoms with Crippen LogP contribution in [0.4, 0.5) is 5.69 Å². The van der Waals surface area contributed by atoms with Gasteiger partial charge in [0.25, 0.3) is 0 Å². The van der Waals surface area contributed by atoms with Gasteiger partial charge in [0.2, 0.25) is 5.75 Å². The number of phenolic OH excluding ortho intramolecular Hbond substituents is 1. The van der Waals surface area contributed by atoms with Crippen LogP contribution in [0.5, 0.6) is 5.75 Å². The van der Waals surface area contributed by atoms with Crippen LogP contribution in [0.1, 0.15) is 15.9 Å². The molecule has 0 saturated carbocycles. The Kier molecular flexibility index (Phi) is 3.58. The molecule has 0 aliphatic carbocycles. The molecule has 0 aliphatic heterocycles. The standard InChI is InChI=1S/C9H5BrN2O4/c10-3-7(13)6-2-1-5(4-11)9(14)8(6)12(15)16/h1-2,14H,3H2. The number of nitro benzene ring substituents is 1. The Labute approximate surface area is 98.4 Å². The predicted octanol–water partition coefficient (Wildman–Crippen LogP) is 1.75. The zero-order valence-corrected chi connectivity index (χ0v) is 9.39. The number of nitrogens with zero attached hydrogens (tertiary/aromatic N) is 2. The number of aromatic hydroxyl groups is 1. The fourth-order valence-corrected chi connectivity index (χ4v) is 1.45. The molecule has 7 heteroatoms. The van der Waals surface area contributed by atoms with Gasteiger partial charge in [0, 0.05) is 0 Å². The molecule has 0 unspecified atom stereocenters. The molecule has 0 saturated heterocycles. The molecular formula is C9H5BrN2O4. The number of halogens is 1. The highest BCUT2D eigenvalue weighted by molar-refractivity contribution is 9.09. The molecule has 16 heavy (non-hydrogen) atoms. The van der Waals surface area contributed by atoms with E-state index in [1.807, 2.05) is 0 Å². The quantitative estimate of drug-likeness (QED) is 0.394. The van der Waals surface area contributed by atoms with Crippen LogP contribution < -0.4 is 0 Å². The molecule has 0 fully saturated rings. The van der Waals surface area contributed by atoms with Crippen molar-refractivity contribution >= 4 is 27.4 Å². The Hall–Kier alpha value is -1.94. The van der Waals surface area contributed by atoms with Gasteiger partial charge in [0.05, 0.1) is 10.3 Å². The molecule has 0 atom stereocenters. The normalized spacial score (nSPS) is 9.50. The number of Topliss-reactive ketones (excluding diaryl/α,β-unsaturated/α-hetero) is 1. The number of benzene rings is 1. The second-order valence-electron chi connectivity index (χ2n) is 2.78. The summed E-state index contributed by atoms with van der Waals surface area (Å²) in [4.78, 5) is 21.2. The van der Waals surface area contributed by atoms with Crippen molar-refractivity contribution in [3.63, 3.8) is 0 Å². The topological polar surface area (TPSA) is 104 Å². The third-order valence-corrected chi connectivity index (χ3v) is 2.39. The molecule has 0 aromatic heterocycles. The fraction of sp³-hybridized carbons (Fsp3) is 0.111. The molecule has 0 radical (unpaired) electrons. The molecule has 1 N–H and O–H groups in total. The molecule has 0 spiro atoms. The number of hydrogen-bond acceptors (Lipinski definition) is 5. The molecule has 1 aromatic rings. The summed E-state index contributed by atoms with van der Waals surface area (Å²) in [5.41, 5.74) is -1.19. The Morgan fingerprint density at radius 3 is 2.69 bits per heavy atom. The third kappa shape index (κ3) is 2.01. The van der Waals surface area contributed by atoms with Crippen molar-refractivity contribution in [1.82, 2.24) is 0 Å². The molecular weight excluding hydrogens is 280 g/mol. The summed E-state index contributed by atoms with van der Waals surface area (Å²) in [6.07, 6.45) is 0. The van der Waals surface area contributed by atoms with Crippen molar-refractivity contribution in [2.24, 2.45) is 0 Å². The summed E-state index contributed by atoms with van der Waals surface area (Å²) in [5.74, 6) is -1.31. The minimum Gasteiger partial charge on any atom is -0.501 e. The molecule has 82 valence electrons. The first-order valence-electron chi connectivity index (χ1n) is 4.02. The summed E-state index contributed by atoms with van der Waals surface area (Å²) < 4.78 is 0. The number of rotatable bonds is 3. The van der Waals surface area contributed by atoms with Gasteiger partial charge >= 0.3 is 5.69 Å². The highest BCUT2D eigenvalue weighted by Crippen LogP contribution is 2.33. The van der Waals surface area contributed by atoms with Crippen LogP contribution in [0.2, 0.25) is 0 Å². The van der Waals surface area contributed by atoms with Crippen LogP contribution in [0.3, 0.4) is 0 Å². The van der Waals surface area contributed by atoms with Crippen molar-refractivity contribution in [1.29, 1.82) is 5.26 Å². The highest BCUT2D eigenvalue weighted by atomic mass is 79.9. The first kappa shape index (κ1) is 12.1. The van der Waals surface area contributed by atoms with Gasteiger partial charge in [-0.3, -0.25) is 14.9 Å². The maximum atomic E-state index is 11.3. The summed E-state index contributed by atoms with van der Waals surface area (Å²) in [6.45, 7) is 0. The monoisotopic (exact) mass is 284 g/mol. The smallest absolute Gasteiger partial charge is 0.322 e. The van der Waals surface area contributed by atoms with Crippen molar-refractivity contribution in [3.05, 3.63) is 33.4 Å². The minimum atomic E-state index is -0.883. The van der Waals surface area contributed by atoms with Crippen LogP contribution in [0.15, 0.2) is 12.1 Å². The lowest BCUT2D eigenvalue weighted by molar-refractivity contribution is -0.386. The second kappa shape index (κ2) is 4.72. The van der Waals surface area contributed by atoms with E-state index in [1.54, 1.807) is 6.07 Å². The average Bonchev–Trinajstić information content (AvgIpc) is 2.26. The van der Waals surface area contributed by atoms with Crippen LogP contribution in [0.25, 0.3) is 0 Å². The van der Waals surface area contributed by atoms with Gasteiger partial charge in [-0.2, -0.15) is 5.26 Å². The zero-order chi connectivity index (χ0) is 12.3. The SMILES string of the molecule is N#Cc1ccc(C(=O)CBr)c([N+](=O)[O-])c1O. The number of hydrogen-bond donors (Lipinski definition) is 1. The maximum absolute atomic E-state index is 11.3. The largest absolute Gasteiger partial charge is 0.501 e. The van der Waals surface area contributed by atoms with Crippen LogP contribution in [0, 0.1) is 21.4 Å². The summed E-state index contributed by atoms with van der Waals surface area (Å²) in [5, 5.41) is 28.6. The van der Waals surface area contributed by atoms with E-state index in [-0.39, 0.29) is 16.5 Å².